The number of nitro groups is 1. The van der Waals surface area contributed by atoms with E-state index in [1.807, 2.05) is 42.5 Å². The summed E-state index contributed by atoms with van der Waals surface area (Å²) < 4.78 is 28.5. The second-order valence-electron chi connectivity index (χ2n) is 6.96. The largest absolute Gasteiger partial charge is 0.278 e. The predicted molar refractivity (Wildman–Crippen MR) is 131 cm³/mol. The molecule has 0 spiro atoms. The number of rotatable bonds is 7. The Bertz CT molecular complexity index is 1480. The zero-order valence-corrected chi connectivity index (χ0v) is 18.5. The molecule has 0 amide bonds. The molecule has 166 valence electrons. The summed E-state index contributed by atoms with van der Waals surface area (Å²) in [6, 6.07) is 23.2. The van der Waals surface area contributed by atoms with E-state index in [-0.39, 0.29) is 27.0 Å². The molecule has 2 N–H and O–H groups in total. The maximum Gasteiger partial charge on any atom is 0.270 e. The summed E-state index contributed by atoms with van der Waals surface area (Å²) >= 11 is 6.06. The van der Waals surface area contributed by atoms with Crippen molar-refractivity contribution in [2.45, 2.75) is 4.90 Å². The smallest absolute Gasteiger partial charge is 0.270 e. The predicted octanol–water partition coefficient (Wildman–Crippen LogP) is 5.65. The van der Waals surface area contributed by atoms with Crippen molar-refractivity contribution in [3.05, 3.63) is 106 Å². The molecule has 0 saturated heterocycles. The number of hydrazone groups is 1. The van der Waals surface area contributed by atoms with E-state index in [1.165, 1.54) is 24.3 Å². The molecule has 0 unspecified atom stereocenters. The van der Waals surface area contributed by atoms with Crippen LogP contribution in [0.3, 0.4) is 0 Å². The molecule has 33 heavy (non-hydrogen) atoms. The Morgan fingerprint density at radius 3 is 2.42 bits per heavy atom. The number of nitrogens with zero attached hydrogens (tertiary/aromatic N) is 2. The van der Waals surface area contributed by atoms with Crippen LogP contribution in [0.4, 0.5) is 17.1 Å². The summed E-state index contributed by atoms with van der Waals surface area (Å²) in [5, 5.41) is 17.6. The highest BCUT2D eigenvalue weighted by atomic mass is 35.5. The molecule has 4 aromatic rings. The van der Waals surface area contributed by atoms with Crippen LogP contribution in [0.15, 0.2) is 94.9 Å². The number of non-ortho nitro benzene ring substituents is 1. The van der Waals surface area contributed by atoms with E-state index in [1.54, 1.807) is 18.3 Å². The number of fused-ring (bicyclic) bond motifs is 1. The normalized spacial score (nSPS) is 11.5. The first-order valence-corrected chi connectivity index (χ1v) is 11.5. The lowest BCUT2D eigenvalue weighted by Gasteiger charge is -2.13. The van der Waals surface area contributed by atoms with Crippen molar-refractivity contribution in [1.29, 1.82) is 0 Å². The van der Waals surface area contributed by atoms with Gasteiger partial charge in [0.25, 0.3) is 15.7 Å². The van der Waals surface area contributed by atoms with Crippen molar-refractivity contribution in [2.24, 2.45) is 5.10 Å². The highest BCUT2D eigenvalue weighted by molar-refractivity contribution is 7.93. The molecule has 0 radical (unpaired) electrons. The number of benzene rings is 4. The SMILES string of the molecule is O=[N+]([O-])c1ccc(NN=Cc2cccc3ccccc23)c(S(=O)(=O)Nc2ccccc2Cl)c1. The van der Waals surface area contributed by atoms with Gasteiger partial charge in [0, 0.05) is 17.7 Å². The minimum Gasteiger partial charge on any atom is -0.278 e. The highest BCUT2D eigenvalue weighted by Gasteiger charge is 2.23. The van der Waals surface area contributed by atoms with Gasteiger partial charge in [-0.2, -0.15) is 5.10 Å². The number of nitrogens with one attached hydrogen (secondary N) is 2. The van der Waals surface area contributed by atoms with Gasteiger partial charge in [0.1, 0.15) is 4.90 Å². The third kappa shape index (κ3) is 4.94. The quantitative estimate of drug-likeness (QED) is 0.201. The van der Waals surface area contributed by atoms with E-state index < -0.39 is 14.9 Å². The minimum atomic E-state index is -4.23. The van der Waals surface area contributed by atoms with Crippen molar-refractivity contribution in [3.8, 4) is 0 Å². The molecular formula is C23H17ClN4O4S. The first-order valence-electron chi connectivity index (χ1n) is 9.68. The zero-order valence-electron chi connectivity index (χ0n) is 17.0. The number of sulfonamides is 1. The van der Waals surface area contributed by atoms with Gasteiger partial charge >= 0.3 is 0 Å². The Morgan fingerprint density at radius 1 is 0.909 bits per heavy atom. The molecule has 10 heteroatoms. The molecule has 0 bridgehead atoms. The average molecular weight is 481 g/mol. The number of halogens is 1. The zero-order chi connectivity index (χ0) is 23.4. The van der Waals surface area contributed by atoms with Gasteiger partial charge in [-0.1, -0.05) is 66.2 Å². The van der Waals surface area contributed by atoms with Crippen LogP contribution in [0.1, 0.15) is 5.56 Å². The van der Waals surface area contributed by atoms with Gasteiger partial charge < -0.3 is 0 Å². The Morgan fingerprint density at radius 2 is 1.64 bits per heavy atom. The fourth-order valence-electron chi connectivity index (χ4n) is 3.22. The van der Waals surface area contributed by atoms with Crippen LogP contribution >= 0.6 is 11.6 Å². The van der Waals surface area contributed by atoms with Crippen molar-refractivity contribution < 1.29 is 13.3 Å². The highest BCUT2D eigenvalue weighted by Crippen LogP contribution is 2.30. The van der Waals surface area contributed by atoms with Gasteiger partial charge in [-0.25, -0.2) is 8.42 Å². The van der Waals surface area contributed by atoms with Gasteiger partial charge in [-0.05, 0) is 29.0 Å². The molecule has 0 heterocycles. The van der Waals surface area contributed by atoms with Gasteiger partial charge in [-0.3, -0.25) is 20.3 Å². The Labute approximate surface area is 194 Å². The molecule has 0 aliphatic carbocycles. The first kappa shape index (κ1) is 22.3. The van der Waals surface area contributed by atoms with E-state index >= 15 is 0 Å². The van der Waals surface area contributed by atoms with Crippen LogP contribution in [0.25, 0.3) is 10.8 Å². The van der Waals surface area contributed by atoms with Gasteiger partial charge in [-0.15, -0.1) is 0 Å². The van der Waals surface area contributed by atoms with Crippen LogP contribution < -0.4 is 10.1 Å². The first-order chi connectivity index (χ1) is 15.8. The topological polar surface area (TPSA) is 114 Å². The molecule has 0 fully saturated rings. The lowest BCUT2D eigenvalue weighted by molar-refractivity contribution is -0.385. The van der Waals surface area contributed by atoms with Crippen LogP contribution in [0.5, 0.6) is 0 Å². The third-order valence-electron chi connectivity index (χ3n) is 4.80. The lowest BCUT2D eigenvalue weighted by Crippen LogP contribution is -2.15. The molecule has 4 aromatic carbocycles. The fourth-order valence-corrected chi connectivity index (χ4v) is 4.71. The Balaban J connectivity index is 1.69. The van der Waals surface area contributed by atoms with E-state index in [9.17, 15) is 18.5 Å². The molecule has 0 saturated carbocycles. The van der Waals surface area contributed by atoms with Crippen molar-refractivity contribution in [3.63, 3.8) is 0 Å². The molecule has 0 aromatic heterocycles. The number of hydrogen-bond donors (Lipinski definition) is 2. The molecule has 0 atom stereocenters. The van der Waals surface area contributed by atoms with Gasteiger partial charge in [0.05, 0.1) is 27.5 Å². The Kier molecular flexibility index (Phi) is 6.25. The molecule has 4 rings (SSSR count). The van der Waals surface area contributed by atoms with E-state index in [4.69, 9.17) is 11.6 Å². The number of hydrogen-bond acceptors (Lipinski definition) is 6. The molecule has 0 aliphatic rings. The number of nitro benzene ring substituents is 1. The van der Waals surface area contributed by atoms with Crippen LogP contribution in [0.2, 0.25) is 5.02 Å². The number of para-hydroxylation sites is 1. The summed E-state index contributed by atoms with van der Waals surface area (Å²) in [6.07, 6.45) is 1.56. The second kappa shape index (κ2) is 9.27. The fraction of sp³-hybridized carbons (Fsp3) is 0. The van der Waals surface area contributed by atoms with Crippen molar-refractivity contribution in [1.82, 2.24) is 0 Å². The van der Waals surface area contributed by atoms with Crippen LogP contribution in [0, 0.1) is 10.1 Å². The summed E-state index contributed by atoms with van der Waals surface area (Å²) in [5.74, 6) is 0. The average Bonchev–Trinajstić information content (AvgIpc) is 2.80. The molecule has 8 nitrogen and oxygen atoms in total. The maximum absolute atomic E-state index is 13.1. The van der Waals surface area contributed by atoms with Crippen molar-refractivity contribution >= 4 is 55.7 Å². The lowest BCUT2D eigenvalue weighted by atomic mass is 10.1. The monoisotopic (exact) mass is 480 g/mol. The van der Waals surface area contributed by atoms with Crippen LogP contribution in [-0.4, -0.2) is 19.6 Å². The van der Waals surface area contributed by atoms with E-state index in [0.717, 1.165) is 22.4 Å². The standard InChI is InChI=1S/C23H17ClN4O4S/c24-20-10-3-4-11-21(20)27-33(31,32)23-14-18(28(29)30)12-13-22(23)26-25-15-17-8-5-7-16-6-1-2-9-19(16)17/h1-15,26-27H. The molecular weight excluding hydrogens is 464 g/mol. The molecule has 0 aliphatic heterocycles. The van der Waals surface area contributed by atoms with E-state index in [0.29, 0.717) is 0 Å². The third-order valence-corrected chi connectivity index (χ3v) is 6.53. The second-order valence-corrected chi connectivity index (χ2v) is 9.02. The summed E-state index contributed by atoms with van der Waals surface area (Å²) in [7, 11) is -4.23. The van der Waals surface area contributed by atoms with Crippen molar-refractivity contribution in [2.75, 3.05) is 10.1 Å². The maximum atomic E-state index is 13.1. The summed E-state index contributed by atoms with van der Waals surface area (Å²) in [6.45, 7) is 0. The number of anilines is 2. The van der Waals surface area contributed by atoms with Gasteiger partial charge in [0.2, 0.25) is 0 Å². The van der Waals surface area contributed by atoms with Crippen LogP contribution in [-0.2, 0) is 10.0 Å². The minimum absolute atomic E-state index is 0.0663. The summed E-state index contributed by atoms with van der Waals surface area (Å²) in [4.78, 5) is 10.2. The summed E-state index contributed by atoms with van der Waals surface area (Å²) in [5.41, 5.74) is 3.35. The van der Waals surface area contributed by atoms with E-state index in [2.05, 4.69) is 15.2 Å². The van der Waals surface area contributed by atoms with Gasteiger partial charge in [0.15, 0.2) is 0 Å². The Hall–Kier alpha value is -3.95.